The second kappa shape index (κ2) is 7.87. The lowest BCUT2D eigenvalue weighted by Crippen LogP contribution is -2.39. The van der Waals surface area contributed by atoms with Crippen LogP contribution in [0.15, 0.2) is 23.1 Å². The summed E-state index contributed by atoms with van der Waals surface area (Å²) >= 11 is 0.775. The van der Waals surface area contributed by atoms with Gasteiger partial charge in [0.25, 0.3) is 11.1 Å². The van der Waals surface area contributed by atoms with Gasteiger partial charge in [-0.2, -0.15) is 0 Å². The quantitative estimate of drug-likeness (QED) is 0.762. The van der Waals surface area contributed by atoms with E-state index in [0.717, 1.165) is 23.1 Å². The molecule has 0 saturated carbocycles. The molecule has 1 aliphatic heterocycles. The van der Waals surface area contributed by atoms with Crippen molar-refractivity contribution in [3.05, 3.63) is 28.7 Å². The van der Waals surface area contributed by atoms with E-state index in [1.807, 2.05) is 6.92 Å². The second-order valence-corrected chi connectivity index (χ2v) is 6.04. The number of nitrogens with one attached hydrogen (secondary N) is 1. The first-order valence-corrected chi connectivity index (χ1v) is 8.17. The molecule has 0 aliphatic carbocycles. The zero-order valence-corrected chi connectivity index (χ0v) is 14.2. The van der Waals surface area contributed by atoms with Crippen LogP contribution in [0.5, 0.6) is 11.5 Å². The molecule has 0 bridgehead atoms. The molecule has 0 spiro atoms. The summed E-state index contributed by atoms with van der Waals surface area (Å²) < 4.78 is 5.01. The molecule has 2 N–H and O–H groups in total. The number of nitrogens with zero attached hydrogens (tertiary/aromatic N) is 1. The van der Waals surface area contributed by atoms with Crippen LogP contribution >= 0.6 is 11.8 Å². The molecule has 0 unspecified atom stereocenters. The third kappa shape index (κ3) is 4.08. The Kier molecular flexibility index (Phi) is 5.86. The van der Waals surface area contributed by atoms with Crippen LogP contribution in [0.4, 0.5) is 4.79 Å². The van der Waals surface area contributed by atoms with Gasteiger partial charge in [0.15, 0.2) is 11.5 Å². The molecule has 1 saturated heterocycles. The molecule has 1 aromatic carbocycles. The number of phenolic OH excluding ortho intramolecular Hbond substituents is 1. The number of carbonyl (C=O) groups excluding carboxylic acids is 3. The van der Waals surface area contributed by atoms with E-state index in [1.54, 1.807) is 12.1 Å². The van der Waals surface area contributed by atoms with Crippen LogP contribution in [-0.2, 0) is 9.59 Å². The van der Waals surface area contributed by atoms with Crippen molar-refractivity contribution in [2.45, 2.75) is 13.3 Å². The number of imide groups is 1. The van der Waals surface area contributed by atoms with Crippen molar-refractivity contribution in [3.8, 4) is 11.5 Å². The van der Waals surface area contributed by atoms with E-state index >= 15 is 0 Å². The molecule has 0 radical (unpaired) electrons. The number of hydrogen-bond acceptors (Lipinski definition) is 6. The summed E-state index contributed by atoms with van der Waals surface area (Å²) in [5.74, 6) is -0.632. The van der Waals surface area contributed by atoms with Crippen LogP contribution in [-0.4, -0.2) is 47.3 Å². The number of amides is 3. The molecule has 3 amide bonds. The van der Waals surface area contributed by atoms with Crippen molar-refractivity contribution in [2.24, 2.45) is 0 Å². The molecule has 24 heavy (non-hydrogen) atoms. The van der Waals surface area contributed by atoms with Crippen molar-refractivity contribution in [2.75, 3.05) is 20.2 Å². The standard InChI is InChI=1S/C16H18N2O5S/c1-3-6-17-14(20)9-18-15(21)13(24-16(18)22)8-10-4-5-11(19)12(7-10)23-2/h4-5,7-8,19H,3,6,9H2,1-2H3,(H,17,20)/b13-8-. The monoisotopic (exact) mass is 350 g/mol. The third-order valence-corrected chi connectivity index (χ3v) is 4.16. The number of carbonyl (C=O) groups is 3. The van der Waals surface area contributed by atoms with E-state index in [4.69, 9.17) is 4.74 Å². The van der Waals surface area contributed by atoms with Gasteiger partial charge >= 0.3 is 0 Å². The van der Waals surface area contributed by atoms with Gasteiger partial charge in [-0.05, 0) is 42.0 Å². The average Bonchev–Trinajstić information content (AvgIpc) is 2.82. The first-order chi connectivity index (χ1) is 11.5. The molecule has 1 aromatic rings. The van der Waals surface area contributed by atoms with Gasteiger partial charge in [-0.25, -0.2) is 0 Å². The number of aromatic hydroxyl groups is 1. The van der Waals surface area contributed by atoms with E-state index in [0.29, 0.717) is 12.1 Å². The van der Waals surface area contributed by atoms with E-state index in [1.165, 1.54) is 19.3 Å². The first-order valence-electron chi connectivity index (χ1n) is 7.35. The molecule has 1 aliphatic rings. The summed E-state index contributed by atoms with van der Waals surface area (Å²) in [6.07, 6.45) is 2.30. The Labute approximate surface area is 143 Å². The molecule has 128 valence electrons. The fourth-order valence-corrected chi connectivity index (χ4v) is 2.87. The van der Waals surface area contributed by atoms with Crippen LogP contribution in [0.1, 0.15) is 18.9 Å². The Morgan fingerprint density at radius 2 is 2.17 bits per heavy atom. The first kappa shape index (κ1) is 17.9. The Morgan fingerprint density at radius 3 is 2.83 bits per heavy atom. The normalized spacial score (nSPS) is 15.9. The van der Waals surface area contributed by atoms with E-state index < -0.39 is 11.1 Å². The SMILES string of the molecule is CCCNC(=O)CN1C(=O)S/C(=C\c2ccc(O)c(OC)c2)C1=O. The molecule has 1 heterocycles. The lowest BCUT2D eigenvalue weighted by Gasteiger charge is -2.11. The maximum Gasteiger partial charge on any atom is 0.294 e. The van der Waals surface area contributed by atoms with Gasteiger partial charge in [-0.1, -0.05) is 13.0 Å². The highest BCUT2D eigenvalue weighted by Crippen LogP contribution is 2.33. The minimum atomic E-state index is -0.510. The van der Waals surface area contributed by atoms with Crippen LogP contribution in [0.3, 0.4) is 0 Å². The Morgan fingerprint density at radius 1 is 1.42 bits per heavy atom. The summed E-state index contributed by atoms with van der Waals surface area (Å²) in [6, 6.07) is 4.59. The molecule has 8 heteroatoms. The molecule has 0 aromatic heterocycles. The zero-order chi connectivity index (χ0) is 17.7. The van der Waals surface area contributed by atoms with Crippen molar-refractivity contribution >= 4 is 34.9 Å². The van der Waals surface area contributed by atoms with Gasteiger partial charge in [0.2, 0.25) is 5.91 Å². The van der Waals surface area contributed by atoms with Gasteiger partial charge in [0.1, 0.15) is 6.54 Å². The molecule has 1 fully saturated rings. The predicted molar refractivity (Wildman–Crippen MR) is 90.6 cm³/mol. The lowest BCUT2D eigenvalue weighted by molar-refractivity contribution is -0.129. The molecular formula is C16H18N2O5S. The van der Waals surface area contributed by atoms with Crippen LogP contribution in [0.25, 0.3) is 6.08 Å². The highest BCUT2D eigenvalue weighted by molar-refractivity contribution is 8.18. The number of hydrogen-bond donors (Lipinski definition) is 2. The highest BCUT2D eigenvalue weighted by atomic mass is 32.2. The third-order valence-electron chi connectivity index (χ3n) is 3.25. The van der Waals surface area contributed by atoms with Crippen LogP contribution in [0.2, 0.25) is 0 Å². The van der Waals surface area contributed by atoms with Gasteiger partial charge in [0.05, 0.1) is 12.0 Å². The van der Waals surface area contributed by atoms with Gasteiger partial charge in [0, 0.05) is 6.54 Å². The number of benzene rings is 1. The van der Waals surface area contributed by atoms with Crippen molar-refractivity contribution in [1.82, 2.24) is 10.2 Å². The minimum absolute atomic E-state index is 0.0182. The van der Waals surface area contributed by atoms with Gasteiger partial charge < -0.3 is 15.2 Å². The number of methoxy groups -OCH3 is 1. The summed E-state index contributed by atoms with van der Waals surface area (Å²) in [7, 11) is 1.42. The highest BCUT2D eigenvalue weighted by Gasteiger charge is 2.36. The summed E-state index contributed by atoms with van der Waals surface area (Å²) in [5, 5.41) is 11.7. The molecule has 2 rings (SSSR count). The number of rotatable bonds is 6. The number of ether oxygens (including phenoxy) is 1. The zero-order valence-electron chi connectivity index (χ0n) is 13.4. The number of phenols is 1. The van der Waals surface area contributed by atoms with Crippen molar-refractivity contribution in [1.29, 1.82) is 0 Å². The smallest absolute Gasteiger partial charge is 0.294 e. The predicted octanol–water partition coefficient (Wildman–Crippen LogP) is 1.96. The van der Waals surface area contributed by atoms with E-state index in [2.05, 4.69) is 5.32 Å². The topological polar surface area (TPSA) is 95.9 Å². The van der Waals surface area contributed by atoms with Gasteiger partial charge in [-0.3, -0.25) is 19.3 Å². The lowest BCUT2D eigenvalue weighted by atomic mass is 10.2. The summed E-state index contributed by atoms with van der Waals surface area (Å²) in [6.45, 7) is 2.12. The van der Waals surface area contributed by atoms with Crippen molar-refractivity contribution in [3.63, 3.8) is 0 Å². The van der Waals surface area contributed by atoms with Crippen LogP contribution < -0.4 is 10.1 Å². The van der Waals surface area contributed by atoms with E-state index in [9.17, 15) is 19.5 Å². The van der Waals surface area contributed by atoms with Crippen LogP contribution in [0, 0.1) is 0 Å². The second-order valence-electron chi connectivity index (χ2n) is 5.05. The van der Waals surface area contributed by atoms with Gasteiger partial charge in [-0.15, -0.1) is 0 Å². The Bertz CT molecular complexity index is 702. The van der Waals surface area contributed by atoms with E-state index in [-0.39, 0.29) is 28.9 Å². The summed E-state index contributed by atoms with van der Waals surface area (Å²) in [4.78, 5) is 37.1. The minimum Gasteiger partial charge on any atom is -0.504 e. The fraction of sp³-hybridized carbons (Fsp3) is 0.312. The largest absolute Gasteiger partial charge is 0.504 e. The Hall–Kier alpha value is -2.48. The molecule has 7 nitrogen and oxygen atoms in total. The fourth-order valence-electron chi connectivity index (χ4n) is 2.04. The number of thioether (sulfide) groups is 1. The molecule has 0 atom stereocenters. The maximum atomic E-state index is 12.3. The van der Waals surface area contributed by atoms with Crippen molar-refractivity contribution < 1.29 is 24.2 Å². The average molecular weight is 350 g/mol. The molecular weight excluding hydrogens is 332 g/mol. The Balaban J connectivity index is 2.14. The summed E-state index contributed by atoms with van der Waals surface area (Å²) in [5.41, 5.74) is 0.602. The maximum absolute atomic E-state index is 12.3.